The van der Waals surface area contributed by atoms with Gasteiger partial charge < -0.3 is 4.74 Å². The Labute approximate surface area is 126 Å². The molecule has 112 valence electrons. The Bertz CT molecular complexity index is 462. The van der Waals surface area contributed by atoms with Crippen molar-refractivity contribution in [1.29, 1.82) is 0 Å². The van der Waals surface area contributed by atoms with Gasteiger partial charge in [0.1, 0.15) is 5.75 Å². The molecule has 2 atom stereocenters. The molecule has 0 amide bonds. The molecule has 1 aliphatic carbocycles. The van der Waals surface area contributed by atoms with Crippen molar-refractivity contribution in [3.8, 4) is 5.75 Å². The van der Waals surface area contributed by atoms with E-state index in [9.17, 15) is 0 Å². The fourth-order valence-corrected chi connectivity index (χ4v) is 3.69. The van der Waals surface area contributed by atoms with Crippen LogP contribution in [-0.4, -0.2) is 7.11 Å². The summed E-state index contributed by atoms with van der Waals surface area (Å²) in [7, 11) is 1.69. The summed E-state index contributed by atoms with van der Waals surface area (Å²) in [6, 6.07) is 5.80. The maximum absolute atomic E-state index is 6.16. The highest BCUT2D eigenvalue weighted by Gasteiger charge is 2.38. The van der Waals surface area contributed by atoms with Crippen LogP contribution in [0.4, 0.5) is 0 Å². The molecule has 1 fully saturated rings. The molecular formula is C16H25ClN2O. The molecule has 0 heterocycles. The minimum absolute atomic E-state index is 0.0685. The first-order chi connectivity index (χ1) is 9.49. The van der Waals surface area contributed by atoms with E-state index in [4.69, 9.17) is 22.2 Å². The smallest absolute Gasteiger partial charge is 0.123 e. The number of halogens is 1. The standard InChI is InChI=1S/C16H25ClN2O/c1-16(2)9-5-4-6-13(16)15(19-18)12-10-11(17)7-8-14(12)20-3/h7-8,10,13,15,19H,4-6,9,18H2,1-3H3. The van der Waals surface area contributed by atoms with Crippen molar-refractivity contribution in [2.75, 3.05) is 7.11 Å². The van der Waals surface area contributed by atoms with E-state index in [1.54, 1.807) is 7.11 Å². The third-order valence-corrected chi connectivity index (χ3v) is 4.93. The molecule has 1 aromatic carbocycles. The van der Waals surface area contributed by atoms with Crippen molar-refractivity contribution in [2.24, 2.45) is 17.2 Å². The van der Waals surface area contributed by atoms with E-state index in [-0.39, 0.29) is 11.5 Å². The highest BCUT2D eigenvalue weighted by Crippen LogP contribution is 2.48. The minimum atomic E-state index is 0.0685. The Morgan fingerprint density at radius 3 is 2.75 bits per heavy atom. The largest absolute Gasteiger partial charge is 0.496 e. The molecule has 0 radical (unpaired) electrons. The van der Waals surface area contributed by atoms with E-state index in [2.05, 4.69) is 19.3 Å². The highest BCUT2D eigenvalue weighted by molar-refractivity contribution is 6.30. The second kappa shape index (κ2) is 6.33. The summed E-state index contributed by atoms with van der Waals surface area (Å²) < 4.78 is 5.49. The fourth-order valence-electron chi connectivity index (χ4n) is 3.51. The molecule has 20 heavy (non-hydrogen) atoms. The van der Waals surface area contributed by atoms with Crippen LogP contribution in [-0.2, 0) is 0 Å². The third kappa shape index (κ3) is 3.11. The normalized spacial score (nSPS) is 23.4. The lowest BCUT2D eigenvalue weighted by atomic mass is 9.65. The first-order valence-corrected chi connectivity index (χ1v) is 7.67. The van der Waals surface area contributed by atoms with Crippen molar-refractivity contribution in [1.82, 2.24) is 5.43 Å². The van der Waals surface area contributed by atoms with Gasteiger partial charge in [-0.25, -0.2) is 0 Å². The van der Waals surface area contributed by atoms with Gasteiger partial charge in [0.05, 0.1) is 13.2 Å². The van der Waals surface area contributed by atoms with Crippen LogP contribution >= 0.6 is 11.6 Å². The summed E-state index contributed by atoms with van der Waals surface area (Å²) in [6.45, 7) is 4.66. The van der Waals surface area contributed by atoms with Gasteiger partial charge in [0, 0.05) is 10.6 Å². The quantitative estimate of drug-likeness (QED) is 0.650. The van der Waals surface area contributed by atoms with E-state index in [0.29, 0.717) is 5.92 Å². The zero-order valence-electron chi connectivity index (χ0n) is 12.6. The molecule has 3 N–H and O–H groups in total. The number of hydrazine groups is 1. The number of benzene rings is 1. The molecule has 4 heteroatoms. The zero-order chi connectivity index (χ0) is 14.8. The Balaban J connectivity index is 2.39. The Hall–Kier alpha value is -0.770. The average molecular weight is 297 g/mol. The second-order valence-electron chi connectivity index (χ2n) is 6.37. The van der Waals surface area contributed by atoms with Gasteiger partial charge in [-0.1, -0.05) is 38.3 Å². The van der Waals surface area contributed by atoms with Gasteiger partial charge in [-0.15, -0.1) is 0 Å². The molecule has 0 bridgehead atoms. The lowest BCUT2D eigenvalue weighted by Crippen LogP contribution is -2.41. The molecule has 1 saturated carbocycles. The molecule has 0 aromatic heterocycles. The topological polar surface area (TPSA) is 47.3 Å². The first-order valence-electron chi connectivity index (χ1n) is 7.29. The molecule has 1 aromatic rings. The van der Waals surface area contributed by atoms with Crippen LogP contribution in [0, 0.1) is 11.3 Å². The molecule has 0 spiro atoms. The summed E-state index contributed by atoms with van der Waals surface area (Å²) in [5.41, 5.74) is 4.33. The SMILES string of the molecule is COc1ccc(Cl)cc1C(NN)C1CCCCC1(C)C. The van der Waals surface area contributed by atoms with E-state index < -0.39 is 0 Å². The maximum atomic E-state index is 6.16. The third-order valence-electron chi connectivity index (χ3n) is 4.70. The number of hydrogen-bond donors (Lipinski definition) is 2. The number of hydrogen-bond acceptors (Lipinski definition) is 3. The van der Waals surface area contributed by atoms with E-state index >= 15 is 0 Å². The van der Waals surface area contributed by atoms with Crippen molar-refractivity contribution >= 4 is 11.6 Å². The second-order valence-corrected chi connectivity index (χ2v) is 6.81. The summed E-state index contributed by atoms with van der Waals surface area (Å²) in [5, 5.41) is 0.717. The summed E-state index contributed by atoms with van der Waals surface area (Å²) in [5.74, 6) is 7.21. The fraction of sp³-hybridized carbons (Fsp3) is 0.625. The van der Waals surface area contributed by atoms with Gasteiger partial charge >= 0.3 is 0 Å². The van der Waals surface area contributed by atoms with E-state index in [1.807, 2.05) is 18.2 Å². The molecule has 2 rings (SSSR count). The average Bonchev–Trinajstić information content (AvgIpc) is 2.41. The lowest BCUT2D eigenvalue weighted by Gasteiger charge is -2.43. The van der Waals surface area contributed by atoms with Crippen LogP contribution in [0.5, 0.6) is 5.75 Å². The van der Waals surface area contributed by atoms with Gasteiger partial charge in [-0.3, -0.25) is 11.3 Å². The van der Waals surface area contributed by atoms with Crippen LogP contribution in [0.2, 0.25) is 5.02 Å². The van der Waals surface area contributed by atoms with Crippen LogP contribution in [0.1, 0.15) is 51.1 Å². The van der Waals surface area contributed by atoms with E-state index in [1.165, 1.54) is 25.7 Å². The predicted octanol–water partition coefficient (Wildman–Crippen LogP) is 4.07. The van der Waals surface area contributed by atoms with Crippen LogP contribution in [0.3, 0.4) is 0 Å². The molecule has 1 aliphatic rings. The first kappa shape index (κ1) is 15.6. The van der Waals surface area contributed by atoms with E-state index in [0.717, 1.165) is 16.3 Å². The number of nitrogens with one attached hydrogen (secondary N) is 1. The van der Waals surface area contributed by atoms with Crippen LogP contribution in [0.25, 0.3) is 0 Å². The van der Waals surface area contributed by atoms with Crippen molar-refractivity contribution in [2.45, 2.75) is 45.6 Å². The number of ether oxygens (including phenoxy) is 1. The van der Waals surface area contributed by atoms with Crippen LogP contribution in [0.15, 0.2) is 18.2 Å². The van der Waals surface area contributed by atoms with Gasteiger partial charge in [-0.05, 0) is 42.4 Å². The number of methoxy groups -OCH3 is 1. The summed E-state index contributed by atoms with van der Waals surface area (Å²) >= 11 is 6.16. The van der Waals surface area contributed by atoms with Gasteiger partial charge in [0.25, 0.3) is 0 Å². The highest BCUT2D eigenvalue weighted by atomic mass is 35.5. The van der Waals surface area contributed by atoms with Crippen LogP contribution < -0.4 is 16.0 Å². The van der Waals surface area contributed by atoms with Gasteiger partial charge in [0.2, 0.25) is 0 Å². The monoisotopic (exact) mass is 296 g/mol. The minimum Gasteiger partial charge on any atom is -0.496 e. The van der Waals surface area contributed by atoms with Gasteiger partial charge in [0.15, 0.2) is 0 Å². The molecule has 0 saturated heterocycles. The number of rotatable bonds is 4. The van der Waals surface area contributed by atoms with Crippen molar-refractivity contribution in [3.63, 3.8) is 0 Å². The lowest BCUT2D eigenvalue weighted by molar-refractivity contribution is 0.0972. The molecule has 0 aliphatic heterocycles. The number of nitrogens with two attached hydrogens (primary N) is 1. The molecule has 2 unspecified atom stereocenters. The molecular weight excluding hydrogens is 272 g/mol. The Kier molecular flexibility index (Phi) is 4.95. The van der Waals surface area contributed by atoms with Crippen molar-refractivity contribution in [3.05, 3.63) is 28.8 Å². The summed E-state index contributed by atoms with van der Waals surface area (Å²) in [4.78, 5) is 0. The molecule has 3 nitrogen and oxygen atoms in total. The van der Waals surface area contributed by atoms with Gasteiger partial charge in [-0.2, -0.15) is 0 Å². The Morgan fingerprint density at radius 1 is 1.40 bits per heavy atom. The maximum Gasteiger partial charge on any atom is 0.123 e. The van der Waals surface area contributed by atoms with Crippen molar-refractivity contribution < 1.29 is 4.74 Å². The Morgan fingerprint density at radius 2 is 2.15 bits per heavy atom. The zero-order valence-corrected chi connectivity index (χ0v) is 13.3. The summed E-state index contributed by atoms with van der Waals surface area (Å²) in [6.07, 6.45) is 4.97. The predicted molar refractivity (Wildman–Crippen MR) is 83.8 cm³/mol.